The quantitative estimate of drug-likeness (QED) is 0.592. The fourth-order valence-corrected chi connectivity index (χ4v) is 5.16. The molecule has 3 N–H and O–H groups in total. The Balaban J connectivity index is 1.82. The molecule has 2 aromatic rings. The van der Waals surface area contributed by atoms with Crippen LogP contribution < -0.4 is 10.5 Å². The summed E-state index contributed by atoms with van der Waals surface area (Å²) in [7, 11) is -4.07. The van der Waals surface area contributed by atoms with E-state index in [4.69, 9.17) is 28.9 Å². The summed E-state index contributed by atoms with van der Waals surface area (Å²) in [6.07, 6.45) is 4.88. The third kappa shape index (κ3) is 5.42. The average Bonchev–Trinajstić information content (AvgIpc) is 3.22. The van der Waals surface area contributed by atoms with Gasteiger partial charge >= 0.3 is 0 Å². The number of aromatic nitrogens is 3. The lowest BCUT2D eigenvalue weighted by atomic mass is 9.98. The van der Waals surface area contributed by atoms with E-state index >= 15 is 0 Å². The zero-order valence-electron chi connectivity index (χ0n) is 16.5. The summed E-state index contributed by atoms with van der Waals surface area (Å²) in [6, 6.07) is 1.46. The summed E-state index contributed by atoms with van der Waals surface area (Å²) in [5, 5.41) is 4.06. The highest BCUT2D eigenvalue weighted by atomic mass is 35.5. The van der Waals surface area contributed by atoms with E-state index in [1.165, 1.54) is 24.8 Å². The van der Waals surface area contributed by atoms with Gasteiger partial charge in [-0.05, 0) is 37.3 Å². The van der Waals surface area contributed by atoms with Gasteiger partial charge in [0.05, 0.1) is 20.6 Å². The number of nitrogen functional groups attached to an aromatic ring is 1. The van der Waals surface area contributed by atoms with Crippen LogP contribution in [0.2, 0.25) is 10.0 Å². The van der Waals surface area contributed by atoms with E-state index < -0.39 is 16.1 Å². The number of carbonyl (C=O) groups is 1. The summed E-state index contributed by atoms with van der Waals surface area (Å²) < 4.78 is 30.0. The van der Waals surface area contributed by atoms with E-state index in [1.54, 1.807) is 9.58 Å². The number of nitrogens with one attached hydrogen (secondary N) is 1. The lowest BCUT2D eigenvalue weighted by Gasteiger charge is -2.33. The molecule has 0 radical (unpaired) electrons. The van der Waals surface area contributed by atoms with Gasteiger partial charge < -0.3 is 10.6 Å². The van der Waals surface area contributed by atoms with Gasteiger partial charge in [-0.1, -0.05) is 30.1 Å². The molecule has 1 aliphatic rings. The third-order valence-corrected chi connectivity index (χ3v) is 7.24. The van der Waals surface area contributed by atoms with Crippen molar-refractivity contribution in [3.63, 3.8) is 0 Å². The van der Waals surface area contributed by atoms with Crippen molar-refractivity contribution < 1.29 is 13.2 Å². The van der Waals surface area contributed by atoms with E-state index in [0.717, 1.165) is 12.8 Å². The lowest BCUT2D eigenvalue weighted by molar-refractivity contribution is -0.134. The number of piperidine rings is 1. The molecule has 1 aromatic carbocycles. The van der Waals surface area contributed by atoms with Crippen LogP contribution in [0.5, 0.6) is 0 Å². The van der Waals surface area contributed by atoms with Crippen LogP contribution in [0.25, 0.3) is 0 Å². The number of sulfonamides is 1. The van der Waals surface area contributed by atoms with E-state index in [9.17, 15) is 13.2 Å². The second kappa shape index (κ2) is 9.51. The zero-order chi connectivity index (χ0) is 21.9. The van der Waals surface area contributed by atoms with Gasteiger partial charge in [-0.15, -0.1) is 0 Å². The second-order valence-corrected chi connectivity index (χ2v) is 9.96. The van der Waals surface area contributed by atoms with Crippen molar-refractivity contribution in [1.82, 2.24) is 24.4 Å². The first-order chi connectivity index (χ1) is 14.2. The summed E-state index contributed by atoms with van der Waals surface area (Å²) >= 11 is 12.0. The highest BCUT2D eigenvalue weighted by molar-refractivity contribution is 7.89. The summed E-state index contributed by atoms with van der Waals surface area (Å²) in [5.74, 6) is 0.275. The van der Waals surface area contributed by atoms with Gasteiger partial charge in [0.1, 0.15) is 18.7 Å². The van der Waals surface area contributed by atoms with Crippen molar-refractivity contribution in [3.05, 3.63) is 34.8 Å². The molecular formula is C18H24Cl2N6O3S. The minimum absolute atomic E-state index is 0.0263. The monoisotopic (exact) mass is 474 g/mol. The predicted molar refractivity (Wildman–Crippen MR) is 115 cm³/mol. The molecule has 1 aromatic heterocycles. The minimum Gasteiger partial charge on any atom is -0.396 e. The van der Waals surface area contributed by atoms with Gasteiger partial charge in [-0.2, -0.15) is 9.82 Å². The summed E-state index contributed by atoms with van der Waals surface area (Å²) in [4.78, 5) is 18.6. The highest BCUT2D eigenvalue weighted by Crippen LogP contribution is 2.31. The number of carbonyl (C=O) groups excluding carboxylic acids is 1. The Morgan fingerprint density at radius 1 is 1.30 bits per heavy atom. The van der Waals surface area contributed by atoms with Crippen LogP contribution in [-0.2, 0) is 21.4 Å². The second-order valence-electron chi connectivity index (χ2n) is 7.43. The third-order valence-electron chi connectivity index (χ3n) is 5.17. The largest absolute Gasteiger partial charge is 0.396 e. The molecule has 3 rings (SSSR count). The maximum absolute atomic E-state index is 13.1. The number of halogens is 2. The molecule has 2 heterocycles. The molecule has 1 saturated heterocycles. The first kappa shape index (κ1) is 22.8. The molecular weight excluding hydrogens is 451 g/mol. The molecule has 1 fully saturated rings. The Kier molecular flexibility index (Phi) is 7.22. The molecule has 12 heteroatoms. The van der Waals surface area contributed by atoms with Crippen LogP contribution in [0, 0.1) is 5.92 Å². The Bertz CT molecular complexity index is 968. The highest BCUT2D eigenvalue weighted by Gasteiger charge is 2.31. The van der Waals surface area contributed by atoms with Crippen LogP contribution in [0.15, 0.2) is 29.7 Å². The number of likely N-dealkylation sites (tertiary alicyclic amines) is 1. The SMILES string of the molecule is CC1CCN(C(=O)C(CCn2cncn2)NS(=O)(=O)c2cc(Cl)c(N)c(Cl)c2)CC1. The van der Waals surface area contributed by atoms with Crippen molar-refractivity contribution in [1.29, 1.82) is 0 Å². The molecule has 164 valence electrons. The average molecular weight is 475 g/mol. The number of rotatable bonds is 7. The van der Waals surface area contributed by atoms with Crippen molar-refractivity contribution in [3.8, 4) is 0 Å². The van der Waals surface area contributed by atoms with Gasteiger partial charge in [0.2, 0.25) is 15.9 Å². The smallest absolute Gasteiger partial charge is 0.241 e. The number of amides is 1. The number of nitrogens with zero attached hydrogens (tertiary/aromatic N) is 4. The number of benzene rings is 1. The number of hydrogen-bond donors (Lipinski definition) is 2. The molecule has 1 unspecified atom stereocenters. The van der Waals surface area contributed by atoms with Crippen molar-refractivity contribution in [2.75, 3.05) is 18.8 Å². The number of hydrogen-bond acceptors (Lipinski definition) is 6. The molecule has 0 spiro atoms. The molecule has 1 atom stereocenters. The maximum Gasteiger partial charge on any atom is 0.241 e. The molecule has 30 heavy (non-hydrogen) atoms. The Morgan fingerprint density at radius 3 is 2.50 bits per heavy atom. The van der Waals surface area contributed by atoms with Crippen molar-refractivity contribution >= 4 is 44.8 Å². The summed E-state index contributed by atoms with van der Waals surface area (Å²) in [5.41, 5.74) is 5.79. The lowest BCUT2D eigenvalue weighted by Crippen LogP contribution is -2.50. The van der Waals surface area contributed by atoms with Gasteiger partial charge in [0.25, 0.3) is 0 Å². The van der Waals surface area contributed by atoms with Crippen LogP contribution in [0.3, 0.4) is 0 Å². The van der Waals surface area contributed by atoms with E-state index in [1.807, 2.05) is 0 Å². The predicted octanol–water partition coefficient (Wildman–Crippen LogP) is 2.16. The molecule has 0 aliphatic carbocycles. The molecule has 0 bridgehead atoms. The zero-order valence-corrected chi connectivity index (χ0v) is 18.8. The summed E-state index contributed by atoms with van der Waals surface area (Å²) in [6.45, 7) is 3.66. The molecule has 1 amide bonds. The van der Waals surface area contributed by atoms with Gasteiger partial charge in [-0.25, -0.2) is 13.4 Å². The van der Waals surface area contributed by atoms with E-state index in [0.29, 0.717) is 25.6 Å². The van der Waals surface area contributed by atoms with Crippen molar-refractivity contribution in [2.24, 2.45) is 5.92 Å². The Morgan fingerprint density at radius 2 is 1.93 bits per heavy atom. The van der Waals surface area contributed by atoms with E-state index in [2.05, 4.69) is 21.7 Å². The molecule has 9 nitrogen and oxygen atoms in total. The normalized spacial score (nSPS) is 16.6. The molecule has 1 aliphatic heterocycles. The number of nitrogens with two attached hydrogens (primary N) is 1. The molecule has 0 saturated carbocycles. The fraction of sp³-hybridized carbons (Fsp3) is 0.500. The number of anilines is 1. The topological polar surface area (TPSA) is 123 Å². The maximum atomic E-state index is 13.1. The van der Waals surface area contributed by atoms with Crippen LogP contribution in [0.4, 0.5) is 5.69 Å². The Hall–Kier alpha value is -1.88. The fourth-order valence-electron chi connectivity index (χ4n) is 3.26. The first-order valence-corrected chi connectivity index (χ1v) is 11.8. The first-order valence-electron chi connectivity index (χ1n) is 9.55. The minimum atomic E-state index is -4.07. The standard InChI is InChI=1S/C18H24Cl2N6O3S/c1-12-2-5-25(6-3-12)18(27)16(4-7-26-11-22-10-23-26)24-30(28,29)13-8-14(19)17(21)15(20)9-13/h8-12,16,24H,2-7,21H2,1H3. The van der Waals surface area contributed by atoms with Crippen LogP contribution >= 0.6 is 23.2 Å². The van der Waals surface area contributed by atoms with Gasteiger partial charge in [-0.3, -0.25) is 9.48 Å². The van der Waals surface area contributed by atoms with Crippen LogP contribution in [-0.4, -0.2) is 53.1 Å². The van der Waals surface area contributed by atoms with Gasteiger partial charge in [0, 0.05) is 19.6 Å². The van der Waals surface area contributed by atoms with Crippen molar-refractivity contribution in [2.45, 2.75) is 43.7 Å². The van der Waals surface area contributed by atoms with Crippen LogP contribution in [0.1, 0.15) is 26.2 Å². The van der Waals surface area contributed by atoms with E-state index in [-0.39, 0.29) is 33.0 Å². The Labute approximate surface area is 185 Å². The number of aryl methyl sites for hydroxylation is 1. The van der Waals surface area contributed by atoms with Gasteiger partial charge in [0.15, 0.2) is 0 Å².